The molecule has 1 aromatic carbocycles. The summed E-state index contributed by atoms with van der Waals surface area (Å²) in [4.78, 5) is 0. The fourth-order valence-electron chi connectivity index (χ4n) is 3.09. The van der Waals surface area contributed by atoms with Gasteiger partial charge in [-0.1, -0.05) is 25.4 Å². The van der Waals surface area contributed by atoms with Crippen LogP contribution in [0.15, 0.2) is 6.07 Å². The SMILES string of the molecule is CC1(C)C[C@H](N)c2c3c(cc(Cl)c21)OCCCO3. The van der Waals surface area contributed by atoms with E-state index in [4.69, 9.17) is 26.8 Å². The maximum absolute atomic E-state index is 6.42. The number of nitrogens with two attached hydrogens (primary N) is 1. The third kappa shape index (κ3) is 1.69. The number of fused-ring (bicyclic) bond motifs is 3. The molecule has 1 aromatic rings. The molecule has 98 valence electrons. The molecular weight excluding hydrogens is 250 g/mol. The monoisotopic (exact) mass is 267 g/mol. The lowest BCUT2D eigenvalue weighted by Gasteiger charge is -2.21. The van der Waals surface area contributed by atoms with Crippen molar-refractivity contribution in [2.45, 2.75) is 38.1 Å². The van der Waals surface area contributed by atoms with Gasteiger partial charge < -0.3 is 15.2 Å². The summed E-state index contributed by atoms with van der Waals surface area (Å²) in [6.45, 7) is 5.69. The molecule has 0 amide bonds. The van der Waals surface area contributed by atoms with Gasteiger partial charge in [-0.2, -0.15) is 0 Å². The van der Waals surface area contributed by atoms with Crippen LogP contribution in [0.4, 0.5) is 0 Å². The predicted octanol–water partition coefficient (Wildman–Crippen LogP) is 3.18. The molecule has 1 heterocycles. The van der Waals surface area contributed by atoms with Gasteiger partial charge >= 0.3 is 0 Å². The Labute approximate surface area is 112 Å². The minimum atomic E-state index is -0.0239. The van der Waals surface area contributed by atoms with E-state index in [1.165, 1.54) is 0 Å². The van der Waals surface area contributed by atoms with E-state index in [-0.39, 0.29) is 11.5 Å². The molecule has 0 spiro atoms. The van der Waals surface area contributed by atoms with Crippen molar-refractivity contribution in [2.75, 3.05) is 13.2 Å². The molecule has 18 heavy (non-hydrogen) atoms. The lowest BCUT2D eigenvalue weighted by Crippen LogP contribution is -2.14. The number of hydrogen-bond donors (Lipinski definition) is 1. The fourth-order valence-corrected chi connectivity index (χ4v) is 3.55. The normalized spacial score (nSPS) is 24.6. The van der Waals surface area contributed by atoms with Gasteiger partial charge in [-0.3, -0.25) is 0 Å². The maximum atomic E-state index is 6.42. The van der Waals surface area contributed by atoms with Crippen molar-refractivity contribution in [3.63, 3.8) is 0 Å². The topological polar surface area (TPSA) is 44.5 Å². The number of benzene rings is 1. The van der Waals surface area contributed by atoms with Crippen LogP contribution in [0.3, 0.4) is 0 Å². The largest absolute Gasteiger partial charge is 0.489 e. The molecule has 3 rings (SSSR count). The lowest BCUT2D eigenvalue weighted by atomic mass is 9.86. The van der Waals surface area contributed by atoms with Gasteiger partial charge in [-0.05, 0) is 17.4 Å². The highest BCUT2D eigenvalue weighted by Crippen LogP contribution is 2.53. The molecule has 0 aromatic heterocycles. The van der Waals surface area contributed by atoms with Gasteiger partial charge in [0.1, 0.15) is 0 Å². The highest BCUT2D eigenvalue weighted by Gasteiger charge is 2.40. The summed E-state index contributed by atoms with van der Waals surface area (Å²) in [5.41, 5.74) is 8.44. The summed E-state index contributed by atoms with van der Waals surface area (Å²) in [5, 5.41) is 0.743. The highest BCUT2D eigenvalue weighted by molar-refractivity contribution is 6.32. The molecule has 2 aliphatic rings. The summed E-state index contributed by atoms with van der Waals surface area (Å²) >= 11 is 6.42. The van der Waals surface area contributed by atoms with Crippen molar-refractivity contribution in [3.05, 3.63) is 22.2 Å². The number of halogens is 1. The van der Waals surface area contributed by atoms with Crippen LogP contribution in [0, 0.1) is 0 Å². The minimum absolute atomic E-state index is 0.00344. The van der Waals surface area contributed by atoms with Crippen molar-refractivity contribution in [3.8, 4) is 11.5 Å². The third-order valence-electron chi connectivity index (χ3n) is 3.80. The predicted molar refractivity (Wildman–Crippen MR) is 71.6 cm³/mol. The van der Waals surface area contributed by atoms with E-state index >= 15 is 0 Å². The van der Waals surface area contributed by atoms with E-state index in [2.05, 4.69) is 13.8 Å². The molecule has 4 heteroatoms. The number of rotatable bonds is 0. The van der Waals surface area contributed by atoms with Crippen LogP contribution in [0.1, 0.15) is 43.9 Å². The molecule has 0 unspecified atom stereocenters. The molecule has 0 radical (unpaired) electrons. The van der Waals surface area contributed by atoms with E-state index in [1.807, 2.05) is 6.07 Å². The van der Waals surface area contributed by atoms with E-state index in [1.54, 1.807) is 0 Å². The van der Waals surface area contributed by atoms with E-state index in [9.17, 15) is 0 Å². The summed E-state index contributed by atoms with van der Waals surface area (Å²) in [6.07, 6.45) is 1.78. The van der Waals surface area contributed by atoms with E-state index in [0.717, 1.165) is 40.5 Å². The third-order valence-corrected chi connectivity index (χ3v) is 4.10. The summed E-state index contributed by atoms with van der Waals surface area (Å²) in [7, 11) is 0. The molecule has 1 aliphatic carbocycles. The maximum Gasteiger partial charge on any atom is 0.166 e. The van der Waals surface area contributed by atoms with Gasteiger partial charge in [-0.15, -0.1) is 0 Å². The van der Waals surface area contributed by atoms with Crippen LogP contribution < -0.4 is 15.2 Å². The van der Waals surface area contributed by atoms with Crippen molar-refractivity contribution in [1.82, 2.24) is 0 Å². The molecule has 0 fully saturated rings. The molecule has 0 saturated heterocycles. The van der Waals surface area contributed by atoms with Crippen LogP contribution in [0.25, 0.3) is 0 Å². The summed E-state index contributed by atoms with van der Waals surface area (Å²) < 4.78 is 11.6. The number of ether oxygens (including phenoxy) is 2. The Morgan fingerprint density at radius 1 is 1.33 bits per heavy atom. The molecule has 1 aliphatic heterocycles. The zero-order chi connectivity index (χ0) is 12.9. The molecule has 0 saturated carbocycles. The van der Waals surface area contributed by atoms with E-state index < -0.39 is 0 Å². The van der Waals surface area contributed by atoms with E-state index in [0.29, 0.717) is 13.2 Å². The first-order valence-electron chi connectivity index (χ1n) is 6.39. The first-order chi connectivity index (χ1) is 8.50. The molecule has 3 nitrogen and oxygen atoms in total. The van der Waals surface area contributed by atoms with Crippen molar-refractivity contribution in [1.29, 1.82) is 0 Å². The zero-order valence-electron chi connectivity index (χ0n) is 10.8. The highest BCUT2D eigenvalue weighted by atomic mass is 35.5. The number of hydrogen-bond acceptors (Lipinski definition) is 3. The average molecular weight is 268 g/mol. The molecule has 2 N–H and O–H groups in total. The van der Waals surface area contributed by atoms with Crippen LogP contribution >= 0.6 is 11.6 Å². The molecule has 1 atom stereocenters. The lowest BCUT2D eigenvalue weighted by molar-refractivity contribution is 0.295. The smallest absolute Gasteiger partial charge is 0.166 e. The van der Waals surface area contributed by atoms with Gasteiger partial charge in [0.2, 0.25) is 0 Å². The van der Waals surface area contributed by atoms with Gasteiger partial charge in [0.25, 0.3) is 0 Å². The van der Waals surface area contributed by atoms with Gasteiger partial charge in [-0.25, -0.2) is 0 Å². The van der Waals surface area contributed by atoms with Crippen LogP contribution in [-0.4, -0.2) is 13.2 Å². The average Bonchev–Trinajstić information content (AvgIpc) is 2.46. The Kier molecular flexibility index (Phi) is 2.72. The fraction of sp³-hybridized carbons (Fsp3) is 0.571. The van der Waals surface area contributed by atoms with Gasteiger partial charge in [0.15, 0.2) is 11.5 Å². The molecular formula is C14H18ClNO2. The standard InChI is InChI=1S/C14H18ClNO2/c1-14(2)7-9(16)11-12(14)8(15)6-10-13(11)18-5-3-4-17-10/h6,9H,3-5,7,16H2,1-2H3/t9-/m0/s1. The Bertz CT molecular complexity index is 499. The van der Waals surface area contributed by atoms with Gasteiger partial charge in [0, 0.05) is 29.1 Å². The van der Waals surface area contributed by atoms with Crippen molar-refractivity contribution < 1.29 is 9.47 Å². The Balaban J connectivity index is 2.25. The Hall–Kier alpha value is -0.930. The van der Waals surface area contributed by atoms with Crippen LogP contribution in [0.2, 0.25) is 5.02 Å². The molecule has 0 bridgehead atoms. The first kappa shape index (κ1) is 12.1. The Morgan fingerprint density at radius 3 is 2.83 bits per heavy atom. The first-order valence-corrected chi connectivity index (χ1v) is 6.76. The quantitative estimate of drug-likeness (QED) is 0.785. The van der Waals surface area contributed by atoms with Crippen molar-refractivity contribution in [2.24, 2.45) is 5.73 Å². The minimum Gasteiger partial charge on any atom is -0.489 e. The summed E-state index contributed by atoms with van der Waals surface area (Å²) in [5.74, 6) is 1.55. The second-order valence-corrected chi connectivity index (χ2v) is 6.13. The van der Waals surface area contributed by atoms with Crippen LogP contribution in [-0.2, 0) is 5.41 Å². The van der Waals surface area contributed by atoms with Crippen molar-refractivity contribution >= 4 is 11.6 Å². The summed E-state index contributed by atoms with van der Waals surface area (Å²) in [6, 6.07) is 1.85. The van der Waals surface area contributed by atoms with Gasteiger partial charge in [0.05, 0.1) is 13.2 Å². The second kappa shape index (κ2) is 4.04. The Morgan fingerprint density at radius 2 is 2.06 bits per heavy atom. The zero-order valence-corrected chi connectivity index (χ0v) is 11.5. The second-order valence-electron chi connectivity index (χ2n) is 5.72. The van der Waals surface area contributed by atoms with Crippen LogP contribution in [0.5, 0.6) is 11.5 Å².